The van der Waals surface area contributed by atoms with Gasteiger partial charge in [0.05, 0.1) is 23.6 Å². The Labute approximate surface area is 152 Å². The van der Waals surface area contributed by atoms with E-state index in [4.69, 9.17) is 4.74 Å². The number of carbonyl (C=O) groups excluding carboxylic acids is 2. The van der Waals surface area contributed by atoms with E-state index >= 15 is 0 Å². The van der Waals surface area contributed by atoms with Crippen molar-refractivity contribution < 1.29 is 19.2 Å². The van der Waals surface area contributed by atoms with Crippen molar-refractivity contribution in [3.63, 3.8) is 0 Å². The van der Waals surface area contributed by atoms with E-state index in [1.54, 1.807) is 4.90 Å². The Morgan fingerprint density at radius 1 is 1.46 bits per heavy atom. The number of amides is 2. The van der Waals surface area contributed by atoms with Crippen LogP contribution in [-0.2, 0) is 9.59 Å². The predicted octanol–water partition coefficient (Wildman–Crippen LogP) is 1.34. The number of nitro groups is 1. The highest BCUT2D eigenvalue weighted by Crippen LogP contribution is 2.30. The van der Waals surface area contributed by atoms with Crippen LogP contribution in [-0.4, -0.2) is 67.4 Å². The number of methoxy groups -OCH3 is 1. The summed E-state index contributed by atoms with van der Waals surface area (Å²) in [5, 5.41) is 13.6. The van der Waals surface area contributed by atoms with Gasteiger partial charge >= 0.3 is 0 Å². The summed E-state index contributed by atoms with van der Waals surface area (Å²) in [6.45, 7) is 1.84. The number of carbonyl (C=O) groups is 2. The average molecular weight is 364 g/mol. The first kappa shape index (κ1) is 19.6. The molecule has 1 aromatic rings. The number of nitro benzene ring substituents is 1. The topological polar surface area (TPSA) is 105 Å². The van der Waals surface area contributed by atoms with Crippen LogP contribution in [0.5, 0.6) is 5.75 Å². The van der Waals surface area contributed by atoms with Crippen LogP contribution in [0.1, 0.15) is 12.8 Å². The normalized spacial score (nSPS) is 16.8. The number of hydrogen-bond acceptors (Lipinski definition) is 6. The molecule has 0 bridgehead atoms. The van der Waals surface area contributed by atoms with Gasteiger partial charge in [-0.05, 0) is 33.1 Å². The zero-order valence-electron chi connectivity index (χ0n) is 15.2. The van der Waals surface area contributed by atoms with Crippen molar-refractivity contribution in [3.8, 4) is 5.75 Å². The van der Waals surface area contributed by atoms with Gasteiger partial charge in [-0.3, -0.25) is 19.7 Å². The van der Waals surface area contributed by atoms with E-state index in [0.717, 1.165) is 13.0 Å². The van der Waals surface area contributed by atoms with Gasteiger partial charge in [-0.1, -0.05) is 0 Å². The maximum Gasteiger partial charge on any atom is 0.271 e. The zero-order chi connectivity index (χ0) is 19.3. The maximum atomic E-state index is 12.5. The number of nitrogens with zero attached hydrogens (tertiary/aromatic N) is 3. The molecule has 26 heavy (non-hydrogen) atoms. The lowest BCUT2D eigenvalue weighted by atomic mass is 10.1. The first-order valence-corrected chi connectivity index (χ1v) is 8.37. The number of likely N-dealkylation sites (tertiary alicyclic amines) is 1. The number of ether oxygens (including phenoxy) is 1. The fourth-order valence-electron chi connectivity index (χ4n) is 2.88. The molecule has 0 spiro atoms. The molecule has 1 unspecified atom stereocenters. The molecule has 0 radical (unpaired) electrons. The molecule has 9 heteroatoms. The molecule has 1 heterocycles. The quantitative estimate of drug-likeness (QED) is 0.551. The Hall–Kier alpha value is -2.68. The van der Waals surface area contributed by atoms with Gasteiger partial charge in [0, 0.05) is 31.6 Å². The van der Waals surface area contributed by atoms with Crippen molar-refractivity contribution in [1.29, 1.82) is 0 Å². The third-order valence-corrected chi connectivity index (χ3v) is 4.27. The van der Waals surface area contributed by atoms with Crippen LogP contribution in [0.4, 0.5) is 11.4 Å². The summed E-state index contributed by atoms with van der Waals surface area (Å²) in [6.07, 6.45) is 0.983. The minimum Gasteiger partial charge on any atom is -0.495 e. The highest BCUT2D eigenvalue weighted by molar-refractivity contribution is 5.98. The second-order valence-electron chi connectivity index (χ2n) is 6.53. The first-order valence-electron chi connectivity index (χ1n) is 8.37. The van der Waals surface area contributed by atoms with Crippen molar-refractivity contribution in [2.24, 2.45) is 5.92 Å². The summed E-state index contributed by atoms with van der Waals surface area (Å²) in [4.78, 5) is 38.7. The predicted molar refractivity (Wildman–Crippen MR) is 96.1 cm³/mol. The second-order valence-corrected chi connectivity index (χ2v) is 6.53. The summed E-state index contributed by atoms with van der Waals surface area (Å²) >= 11 is 0. The van der Waals surface area contributed by atoms with Crippen LogP contribution in [0.2, 0.25) is 0 Å². The molecule has 2 rings (SSSR count). The number of rotatable bonds is 8. The highest BCUT2D eigenvalue weighted by Gasteiger charge is 2.34. The fraction of sp³-hybridized carbons (Fsp3) is 0.529. The zero-order valence-corrected chi connectivity index (χ0v) is 15.2. The number of non-ortho nitro benzene ring substituents is 1. The molecular formula is C17H24N4O5. The van der Waals surface area contributed by atoms with Crippen LogP contribution < -0.4 is 10.1 Å². The molecule has 0 aliphatic carbocycles. The molecule has 1 aromatic carbocycles. The molecule has 1 atom stereocenters. The Morgan fingerprint density at radius 3 is 2.81 bits per heavy atom. The van der Waals surface area contributed by atoms with Crippen molar-refractivity contribution >= 4 is 23.2 Å². The molecule has 1 saturated heterocycles. The van der Waals surface area contributed by atoms with E-state index in [2.05, 4.69) is 5.32 Å². The second kappa shape index (κ2) is 8.61. The van der Waals surface area contributed by atoms with Gasteiger partial charge in [0.15, 0.2) is 0 Å². The van der Waals surface area contributed by atoms with E-state index in [9.17, 15) is 19.7 Å². The third kappa shape index (κ3) is 4.92. The highest BCUT2D eigenvalue weighted by atomic mass is 16.6. The minimum atomic E-state index is -0.541. The molecule has 0 saturated carbocycles. The fourth-order valence-corrected chi connectivity index (χ4v) is 2.88. The summed E-state index contributed by atoms with van der Waals surface area (Å²) in [5.41, 5.74) is 0.0825. The van der Waals surface area contributed by atoms with Crippen molar-refractivity contribution in [1.82, 2.24) is 9.80 Å². The molecule has 1 fully saturated rings. The Balaban J connectivity index is 2.01. The van der Waals surface area contributed by atoms with Crippen LogP contribution >= 0.6 is 0 Å². The van der Waals surface area contributed by atoms with Gasteiger partial charge in [-0.15, -0.1) is 0 Å². The van der Waals surface area contributed by atoms with Crippen molar-refractivity contribution in [2.45, 2.75) is 12.8 Å². The standard InChI is InChI=1S/C17H24N4O5/c1-19(2)7-4-8-20-11-12(9-16(20)22)17(23)18-14-10-13(21(24)25)5-6-15(14)26-3/h5-6,10,12H,4,7-9,11H2,1-3H3,(H,18,23). The molecule has 9 nitrogen and oxygen atoms in total. The van der Waals surface area contributed by atoms with Gasteiger partial charge < -0.3 is 19.9 Å². The minimum absolute atomic E-state index is 0.0464. The monoisotopic (exact) mass is 364 g/mol. The van der Waals surface area contributed by atoms with E-state index < -0.39 is 10.8 Å². The molecule has 1 N–H and O–H groups in total. The van der Waals surface area contributed by atoms with Gasteiger partial charge in [-0.2, -0.15) is 0 Å². The van der Waals surface area contributed by atoms with Gasteiger partial charge in [0.25, 0.3) is 5.69 Å². The number of nitrogens with one attached hydrogen (secondary N) is 1. The van der Waals surface area contributed by atoms with Crippen LogP contribution in [0.15, 0.2) is 18.2 Å². The van der Waals surface area contributed by atoms with E-state index in [-0.39, 0.29) is 29.6 Å². The lowest BCUT2D eigenvalue weighted by Crippen LogP contribution is -2.30. The van der Waals surface area contributed by atoms with Crippen molar-refractivity contribution in [3.05, 3.63) is 28.3 Å². The number of hydrogen-bond donors (Lipinski definition) is 1. The average Bonchev–Trinajstić information content (AvgIpc) is 2.95. The Morgan fingerprint density at radius 2 is 2.19 bits per heavy atom. The summed E-state index contributed by atoms with van der Waals surface area (Å²) < 4.78 is 5.14. The Kier molecular flexibility index (Phi) is 6.51. The molecule has 0 aromatic heterocycles. The van der Waals surface area contributed by atoms with Crippen LogP contribution in [0.25, 0.3) is 0 Å². The third-order valence-electron chi connectivity index (χ3n) is 4.27. The molecular weight excluding hydrogens is 340 g/mol. The molecule has 1 aliphatic heterocycles. The molecule has 142 valence electrons. The van der Waals surface area contributed by atoms with Crippen LogP contribution in [0, 0.1) is 16.0 Å². The molecule has 1 aliphatic rings. The van der Waals surface area contributed by atoms with Crippen molar-refractivity contribution in [2.75, 3.05) is 46.2 Å². The van der Waals surface area contributed by atoms with E-state index in [1.165, 1.54) is 25.3 Å². The van der Waals surface area contributed by atoms with E-state index in [1.807, 2.05) is 19.0 Å². The lowest BCUT2D eigenvalue weighted by molar-refractivity contribution is -0.384. The first-order chi connectivity index (χ1) is 12.3. The largest absolute Gasteiger partial charge is 0.495 e. The smallest absolute Gasteiger partial charge is 0.271 e. The summed E-state index contributed by atoms with van der Waals surface area (Å²) in [5.74, 6) is -0.538. The van der Waals surface area contributed by atoms with Gasteiger partial charge in [-0.25, -0.2) is 0 Å². The lowest BCUT2D eigenvalue weighted by Gasteiger charge is -2.18. The van der Waals surface area contributed by atoms with Gasteiger partial charge in [0.2, 0.25) is 11.8 Å². The molecule has 2 amide bonds. The number of benzene rings is 1. The Bertz CT molecular complexity index is 692. The maximum absolute atomic E-state index is 12.5. The SMILES string of the molecule is COc1ccc([N+](=O)[O-])cc1NC(=O)C1CC(=O)N(CCCN(C)C)C1. The summed E-state index contributed by atoms with van der Waals surface area (Å²) in [6, 6.07) is 3.99. The van der Waals surface area contributed by atoms with Gasteiger partial charge in [0.1, 0.15) is 5.75 Å². The number of anilines is 1. The summed E-state index contributed by atoms with van der Waals surface area (Å²) in [7, 11) is 5.35. The van der Waals surface area contributed by atoms with Crippen LogP contribution in [0.3, 0.4) is 0 Å². The van der Waals surface area contributed by atoms with E-state index in [0.29, 0.717) is 18.8 Å².